The monoisotopic (exact) mass is 273 g/mol. The Morgan fingerprint density at radius 1 is 1.25 bits per heavy atom. The van der Waals surface area contributed by atoms with Gasteiger partial charge in [0.25, 0.3) is 0 Å². The second-order valence-corrected chi connectivity index (χ2v) is 3.51. The zero-order chi connectivity index (χ0) is 12.0. The molecule has 0 saturated heterocycles. The first-order valence-corrected chi connectivity index (χ1v) is 4.84. The number of benzene rings is 1. The van der Waals surface area contributed by atoms with E-state index in [1.54, 1.807) is 30.3 Å². The van der Waals surface area contributed by atoms with E-state index in [-0.39, 0.29) is 5.71 Å². The van der Waals surface area contributed by atoms with E-state index in [2.05, 4.69) is 26.5 Å². The molecule has 16 heavy (non-hydrogen) atoms. The number of halogens is 1. The number of nitrogens with one attached hydrogen (secondary N) is 1. The van der Waals surface area contributed by atoms with Crippen LogP contribution in [0.25, 0.3) is 0 Å². The van der Waals surface area contributed by atoms with Gasteiger partial charge in [-0.15, -0.1) is 0 Å². The van der Waals surface area contributed by atoms with Gasteiger partial charge in [0.05, 0.1) is 11.3 Å². The van der Waals surface area contributed by atoms with E-state index in [4.69, 9.17) is 15.8 Å². The van der Waals surface area contributed by atoms with Crippen molar-refractivity contribution in [2.75, 3.05) is 5.43 Å². The van der Waals surface area contributed by atoms with Crippen LogP contribution < -0.4 is 5.43 Å². The predicted molar refractivity (Wildman–Crippen MR) is 61.1 cm³/mol. The van der Waals surface area contributed by atoms with Crippen molar-refractivity contribution in [1.29, 1.82) is 15.8 Å². The van der Waals surface area contributed by atoms with Crippen molar-refractivity contribution in [3.05, 3.63) is 28.2 Å². The van der Waals surface area contributed by atoms with Gasteiger partial charge < -0.3 is 0 Å². The van der Waals surface area contributed by atoms with E-state index in [0.717, 1.165) is 4.47 Å². The summed E-state index contributed by atoms with van der Waals surface area (Å²) in [6.45, 7) is 0. The minimum atomic E-state index is -0.299. The summed E-state index contributed by atoms with van der Waals surface area (Å²) in [6.07, 6.45) is 0. The molecule has 1 N–H and O–H groups in total. The Morgan fingerprint density at radius 3 is 2.50 bits per heavy atom. The summed E-state index contributed by atoms with van der Waals surface area (Å²) in [5.74, 6) is 0. The summed E-state index contributed by atoms with van der Waals surface area (Å²) in [4.78, 5) is 0. The maximum Gasteiger partial charge on any atom is 0.237 e. The van der Waals surface area contributed by atoms with Crippen LogP contribution >= 0.6 is 15.9 Å². The van der Waals surface area contributed by atoms with Crippen LogP contribution in [0.15, 0.2) is 27.8 Å². The number of anilines is 1. The molecule has 0 saturated carbocycles. The maximum absolute atomic E-state index is 8.83. The predicted octanol–water partition coefficient (Wildman–Crippen LogP) is 2.14. The summed E-state index contributed by atoms with van der Waals surface area (Å²) in [5.41, 5.74) is 3.00. The van der Waals surface area contributed by atoms with Gasteiger partial charge in [0.15, 0.2) is 0 Å². The summed E-state index contributed by atoms with van der Waals surface area (Å²) < 4.78 is 0.763. The molecule has 0 atom stereocenters. The molecule has 76 valence electrons. The highest BCUT2D eigenvalue weighted by Gasteiger charge is 2.02. The zero-order valence-corrected chi connectivity index (χ0v) is 9.48. The lowest BCUT2D eigenvalue weighted by molar-refractivity contribution is 1.32. The third-order valence-electron chi connectivity index (χ3n) is 1.60. The number of hydrogen-bond donors (Lipinski definition) is 1. The summed E-state index contributed by atoms with van der Waals surface area (Å²) in [6, 6.07) is 10.1. The Kier molecular flexibility index (Phi) is 4.03. The Morgan fingerprint density at radius 2 is 1.94 bits per heavy atom. The van der Waals surface area contributed by atoms with Crippen molar-refractivity contribution in [3.63, 3.8) is 0 Å². The molecule has 0 aliphatic carbocycles. The van der Waals surface area contributed by atoms with E-state index in [0.29, 0.717) is 11.3 Å². The summed E-state index contributed by atoms with van der Waals surface area (Å²) in [7, 11) is 0. The minimum absolute atomic E-state index is 0.299. The summed E-state index contributed by atoms with van der Waals surface area (Å²) >= 11 is 3.23. The second-order valence-electron chi connectivity index (χ2n) is 2.60. The number of nitrogens with zero attached hydrogens (tertiary/aromatic N) is 4. The average molecular weight is 274 g/mol. The average Bonchev–Trinajstić information content (AvgIpc) is 2.31. The topological polar surface area (TPSA) is 95.8 Å². The van der Waals surface area contributed by atoms with Gasteiger partial charge in [0.1, 0.15) is 18.2 Å². The van der Waals surface area contributed by atoms with Crippen LogP contribution in [-0.2, 0) is 0 Å². The molecule has 1 rings (SSSR count). The van der Waals surface area contributed by atoms with Crippen molar-refractivity contribution >= 4 is 27.3 Å². The molecular formula is C10H4BrN5. The highest BCUT2D eigenvalue weighted by atomic mass is 79.9. The molecule has 0 bridgehead atoms. The summed E-state index contributed by atoms with van der Waals surface area (Å²) in [5, 5.41) is 29.3. The van der Waals surface area contributed by atoms with E-state index < -0.39 is 0 Å². The first-order chi connectivity index (χ1) is 7.71. The SMILES string of the molecule is N#CC(C#N)=NNc1ccc(Br)cc1C#N. The molecule has 1 aromatic carbocycles. The van der Waals surface area contributed by atoms with Gasteiger partial charge in [-0.1, -0.05) is 15.9 Å². The molecule has 0 aliphatic heterocycles. The lowest BCUT2D eigenvalue weighted by Crippen LogP contribution is -1.98. The third-order valence-corrected chi connectivity index (χ3v) is 2.10. The molecule has 5 nitrogen and oxygen atoms in total. The van der Waals surface area contributed by atoms with Gasteiger partial charge in [-0.05, 0) is 18.2 Å². The quantitative estimate of drug-likeness (QED) is 0.660. The third kappa shape index (κ3) is 2.81. The fourth-order valence-electron chi connectivity index (χ4n) is 0.898. The Labute approximate surface area is 100 Å². The van der Waals surface area contributed by atoms with Crippen LogP contribution in [0.2, 0.25) is 0 Å². The Balaban J connectivity index is 3.01. The van der Waals surface area contributed by atoms with Crippen molar-refractivity contribution in [1.82, 2.24) is 0 Å². The molecule has 0 amide bonds. The van der Waals surface area contributed by atoms with Crippen molar-refractivity contribution in [3.8, 4) is 18.2 Å². The van der Waals surface area contributed by atoms with E-state index in [9.17, 15) is 0 Å². The van der Waals surface area contributed by atoms with Gasteiger partial charge in [0.2, 0.25) is 5.71 Å². The van der Waals surface area contributed by atoms with Gasteiger partial charge >= 0.3 is 0 Å². The minimum Gasteiger partial charge on any atom is -0.275 e. The molecule has 0 fully saturated rings. The molecule has 6 heteroatoms. The van der Waals surface area contributed by atoms with Crippen molar-refractivity contribution in [2.45, 2.75) is 0 Å². The van der Waals surface area contributed by atoms with Crippen LogP contribution in [0.4, 0.5) is 5.69 Å². The van der Waals surface area contributed by atoms with E-state index in [1.165, 1.54) is 0 Å². The molecular weight excluding hydrogens is 270 g/mol. The largest absolute Gasteiger partial charge is 0.275 e. The van der Waals surface area contributed by atoms with Crippen LogP contribution in [-0.4, -0.2) is 5.71 Å². The van der Waals surface area contributed by atoms with Crippen LogP contribution in [0.5, 0.6) is 0 Å². The lowest BCUT2D eigenvalue weighted by Gasteiger charge is -2.02. The second kappa shape index (κ2) is 5.50. The normalized spacial score (nSPS) is 8.12. The highest BCUT2D eigenvalue weighted by molar-refractivity contribution is 9.10. The molecule has 1 aromatic rings. The van der Waals surface area contributed by atoms with Gasteiger partial charge in [-0.3, -0.25) is 5.43 Å². The van der Waals surface area contributed by atoms with Crippen LogP contribution in [0.3, 0.4) is 0 Å². The number of rotatable bonds is 2. The highest BCUT2D eigenvalue weighted by Crippen LogP contribution is 2.20. The van der Waals surface area contributed by atoms with E-state index >= 15 is 0 Å². The van der Waals surface area contributed by atoms with Gasteiger partial charge in [0, 0.05) is 4.47 Å². The number of nitriles is 3. The molecule has 0 aliphatic rings. The molecule has 0 spiro atoms. The fourth-order valence-corrected chi connectivity index (χ4v) is 1.26. The Hall–Kier alpha value is -2.36. The van der Waals surface area contributed by atoms with Crippen LogP contribution in [0.1, 0.15) is 5.56 Å². The van der Waals surface area contributed by atoms with Gasteiger partial charge in [-0.25, -0.2) is 0 Å². The molecule has 0 aromatic heterocycles. The Bertz CT molecular complexity index is 540. The molecule has 0 heterocycles. The zero-order valence-electron chi connectivity index (χ0n) is 7.90. The molecule has 0 radical (unpaired) electrons. The standard InChI is InChI=1S/C10H4BrN5/c11-8-1-2-10(7(3-8)4-12)16-15-9(5-13)6-14/h1-3,16H. The van der Waals surface area contributed by atoms with Crippen molar-refractivity contribution < 1.29 is 0 Å². The first kappa shape index (κ1) is 11.7. The van der Waals surface area contributed by atoms with E-state index in [1.807, 2.05) is 6.07 Å². The van der Waals surface area contributed by atoms with Crippen LogP contribution in [0, 0.1) is 34.0 Å². The maximum atomic E-state index is 8.83. The van der Waals surface area contributed by atoms with Crippen molar-refractivity contribution in [2.24, 2.45) is 5.10 Å². The smallest absolute Gasteiger partial charge is 0.237 e. The number of hydrogen-bond acceptors (Lipinski definition) is 5. The van der Waals surface area contributed by atoms with Gasteiger partial charge in [-0.2, -0.15) is 20.9 Å². The lowest BCUT2D eigenvalue weighted by atomic mass is 10.2. The number of hydrazone groups is 1. The first-order valence-electron chi connectivity index (χ1n) is 4.05. The molecule has 0 unspecified atom stereocenters. The fraction of sp³-hybridized carbons (Fsp3) is 0.